The molecule has 1 saturated heterocycles. The summed E-state index contributed by atoms with van der Waals surface area (Å²) in [6.45, 7) is 15.5. The number of carbonyl (C=O) groups is 7. The molecule has 424 valence electrons. The molecule has 7 amide bonds. The van der Waals surface area contributed by atoms with Gasteiger partial charge in [0, 0.05) is 43.3 Å². The van der Waals surface area contributed by atoms with Crippen molar-refractivity contribution in [2.24, 2.45) is 10.8 Å². The van der Waals surface area contributed by atoms with Crippen molar-refractivity contribution >= 4 is 52.1 Å². The summed E-state index contributed by atoms with van der Waals surface area (Å²) >= 11 is 0. The van der Waals surface area contributed by atoms with E-state index in [2.05, 4.69) is 44.0 Å². The first-order chi connectivity index (χ1) is 38.1. The van der Waals surface area contributed by atoms with Gasteiger partial charge in [0.2, 0.25) is 29.5 Å². The van der Waals surface area contributed by atoms with Gasteiger partial charge in [0.15, 0.2) is 0 Å². The number of hydrogen-bond acceptors (Lipinski definition) is 9. The molecule has 80 heavy (non-hydrogen) atoms. The summed E-state index contributed by atoms with van der Waals surface area (Å²) in [4.78, 5) is 106. The van der Waals surface area contributed by atoms with E-state index in [1.165, 1.54) is 10.5 Å². The summed E-state index contributed by atoms with van der Waals surface area (Å²) < 4.78 is 0. The average Bonchev–Trinajstić information content (AvgIpc) is 3.89. The molecule has 1 fully saturated rings. The van der Waals surface area contributed by atoms with E-state index in [0.29, 0.717) is 18.5 Å². The zero-order valence-electron chi connectivity index (χ0n) is 48.2. The molecule has 16 heteroatoms. The molecular weight excluding hydrogens is 1010 g/mol. The van der Waals surface area contributed by atoms with Crippen LogP contribution >= 0.6 is 0 Å². The number of rotatable bonds is 17. The van der Waals surface area contributed by atoms with Gasteiger partial charge in [0.1, 0.15) is 18.1 Å². The maximum atomic E-state index is 15.2. The van der Waals surface area contributed by atoms with Gasteiger partial charge in [-0.15, -0.1) is 0 Å². The standard InChI is InChI=1S/C64H81N9O7/c1-39(65-9)56(74)69-54(63(3,4)5)61(79)72-36-46-22-12-11-21-45(46)33-49(72)38-71(35-47-25-17-23-41-19-13-15-26-50(41)47)60(78)44-31-29-43(30-32-44)58(76)67-48-34-53(59(77)68-52-28-18-24-42-20-14-16-27-51(42)52)73(37-48)62(80)55(64(6,7)8)70-57(75)40(2)66-10/h11-17,19-23,25-27,29-32,39-40,48-49,52-55,65-66H,18,24,28,33-38H2,1-10H3,(H,67,76)(H,68,77)(H,69,74)(H,70,75)/t39-,40-,48-,49-,52+,53-,54+,55+/m0/s1. The smallest absolute Gasteiger partial charge is 0.254 e. The number of hydrogen-bond donors (Lipinski definition) is 6. The second-order valence-corrected chi connectivity index (χ2v) is 24.2. The van der Waals surface area contributed by atoms with Crippen molar-refractivity contribution in [1.82, 2.24) is 46.6 Å². The fourth-order valence-corrected chi connectivity index (χ4v) is 11.4. The van der Waals surface area contributed by atoms with Gasteiger partial charge < -0.3 is 46.6 Å². The zero-order valence-corrected chi connectivity index (χ0v) is 48.2. The van der Waals surface area contributed by atoms with E-state index >= 15 is 9.59 Å². The lowest BCUT2D eigenvalue weighted by molar-refractivity contribution is -0.144. The Morgan fingerprint density at radius 2 is 1.20 bits per heavy atom. The first kappa shape index (κ1) is 58.7. The van der Waals surface area contributed by atoms with Gasteiger partial charge >= 0.3 is 0 Å². The SMILES string of the molecule is CN[C@@H](C)C(=O)N[C@H](C(=O)N1Cc2ccccc2C[C@H]1CN(Cc1cccc2ccccc12)C(=O)c1ccc(C(=O)N[C@H]2C[C@@H](C(=O)N[C@@H]3CCCc4ccccc43)N(C(=O)[C@@H](NC(=O)[C@H](C)NC)C(C)(C)C)C2)cc1)C(C)(C)C. The minimum Gasteiger partial charge on any atom is -0.347 e. The first-order valence-corrected chi connectivity index (χ1v) is 28.2. The number of nitrogens with zero attached hydrogens (tertiary/aromatic N) is 3. The number of carbonyl (C=O) groups excluding carboxylic acids is 7. The summed E-state index contributed by atoms with van der Waals surface area (Å²) in [6.07, 6.45) is 3.16. The van der Waals surface area contributed by atoms with Gasteiger partial charge in [-0.3, -0.25) is 33.6 Å². The molecule has 8 atom stereocenters. The zero-order chi connectivity index (χ0) is 57.6. The Bertz CT molecular complexity index is 3090. The topological polar surface area (TPSA) is 201 Å². The van der Waals surface area contributed by atoms with Gasteiger partial charge in [-0.1, -0.05) is 133 Å². The van der Waals surface area contributed by atoms with Crippen LogP contribution in [0.3, 0.4) is 0 Å². The van der Waals surface area contributed by atoms with E-state index in [0.717, 1.165) is 52.3 Å². The molecular formula is C64H81N9O7. The quantitative estimate of drug-likeness (QED) is 0.0593. The van der Waals surface area contributed by atoms with Crippen LogP contribution < -0.4 is 31.9 Å². The number of likely N-dealkylation sites (tertiary alicyclic amines) is 1. The van der Waals surface area contributed by atoms with Crippen LogP contribution in [0.4, 0.5) is 0 Å². The maximum absolute atomic E-state index is 15.2. The second-order valence-electron chi connectivity index (χ2n) is 24.2. The van der Waals surface area contributed by atoms with Crippen molar-refractivity contribution in [3.8, 4) is 0 Å². The lowest BCUT2D eigenvalue weighted by Gasteiger charge is -2.43. The Balaban J connectivity index is 1.06. The van der Waals surface area contributed by atoms with Gasteiger partial charge in [-0.05, 0) is 134 Å². The summed E-state index contributed by atoms with van der Waals surface area (Å²) in [5.41, 5.74) is 4.45. The molecule has 5 aromatic rings. The first-order valence-electron chi connectivity index (χ1n) is 28.2. The van der Waals surface area contributed by atoms with Crippen molar-refractivity contribution in [2.45, 2.75) is 149 Å². The highest BCUT2D eigenvalue weighted by Gasteiger charge is 2.47. The van der Waals surface area contributed by atoms with Crippen molar-refractivity contribution in [3.05, 3.63) is 154 Å². The molecule has 0 spiro atoms. The van der Waals surface area contributed by atoms with Gasteiger partial charge in [-0.2, -0.15) is 0 Å². The largest absolute Gasteiger partial charge is 0.347 e. The second kappa shape index (κ2) is 24.9. The Morgan fingerprint density at radius 3 is 1.84 bits per heavy atom. The van der Waals surface area contributed by atoms with Crippen LogP contribution in [0.25, 0.3) is 10.8 Å². The van der Waals surface area contributed by atoms with E-state index in [1.807, 2.05) is 125 Å². The van der Waals surface area contributed by atoms with E-state index in [9.17, 15) is 24.0 Å². The highest BCUT2D eigenvalue weighted by Crippen LogP contribution is 2.33. The molecule has 3 aliphatic rings. The van der Waals surface area contributed by atoms with E-state index < -0.39 is 64.9 Å². The van der Waals surface area contributed by atoms with Crippen LogP contribution in [0.1, 0.15) is 129 Å². The van der Waals surface area contributed by atoms with Crippen LogP contribution in [0.15, 0.2) is 115 Å². The molecule has 1 aliphatic carbocycles. The van der Waals surface area contributed by atoms with E-state index in [4.69, 9.17) is 0 Å². The minimum absolute atomic E-state index is 0.0245. The lowest BCUT2D eigenvalue weighted by Crippen LogP contribution is -2.61. The molecule has 0 bridgehead atoms. The molecule has 0 aromatic heterocycles. The van der Waals surface area contributed by atoms with Crippen molar-refractivity contribution in [1.29, 1.82) is 0 Å². The predicted octanol–water partition coefficient (Wildman–Crippen LogP) is 6.61. The van der Waals surface area contributed by atoms with E-state index in [1.54, 1.807) is 57.1 Å². The molecule has 5 aromatic carbocycles. The van der Waals surface area contributed by atoms with Gasteiger partial charge in [0.05, 0.1) is 24.2 Å². The fraction of sp³-hybridized carbons (Fsp3) is 0.453. The number of aryl methyl sites for hydroxylation is 1. The molecule has 6 N–H and O–H groups in total. The summed E-state index contributed by atoms with van der Waals surface area (Å²) in [7, 11) is 3.37. The monoisotopic (exact) mass is 1090 g/mol. The molecule has 0 saturated carbocycles. The highest BCUT2D eigenvalue weighted by molar-refractivity contribution is 5.99. The third-order valence-corrected chi connectivity index (χ3v) is 16.4. The van der Waals surface area contributed by atoms with Crippen molar-refractivity contribution in [3.63, 3.8) is 0 Å². The molecule has 0 unspecified atom stereocenters. The average molecular weight is 1090 g/mol. The molecule has 0 radical (unpaired) electrons. The number of fused-ring (bicyclic) bond motifs is 3. The van der Waals surface area contributed by atoms with Crippen LogP contribution in [-0.2, 0) is 49.9 Å². The molecule has 2 heterocycles. The number of amides is 7. The van der Waals surface area contributed by atoms with Gasteiger partial charge in [0.25, 0.3) is 11.8 Å². The van der Waals surface area contributed by atoms with Crippen LogP contribution in [0, 0.1) is 10.8 Å². The van der Waals surface area contributed by atoms with Crippen molar-refractivity contribution in [2.75, 3.05) is 27.2 Å². The molecule has 8 rings (SSSR count). The Morgan fingerprint density at radius 1 is 0.637 bits per heavy atom. The third-order valence-electron chi connectivity index (χ3n) is 16.4. The van der Waals surface area contributed by atoms with Crippen LogP contribution in [0.2, 0.25) is 0 Å². The minimum atomic E-state index is -0.978. The lowest BCUT2D eigenvalue weighted by atomic mass is 9.84. The normalized spacial score (nSPS) is 19.6. The Kier molecular flexibility index (Phi) is 18.3. The predicted molar refractivity (Wildman–Crippen MR) is 311 cm³/mol. The molecule has 16 nitrogen and oxygen atoms in total. The fourth-order valence-electron chi connectivity index (χ4n) is 11.4. The Hall–Kier alpha value is -7.43. The maximum Gasteiger partial charge on any atom is 0.254 e. The van der Waals surface area contributed by atoms with Crippen molar-refractivity contribution < 1.29 is 33.6 Å². The van der Waals surface area contributed by atoms with Gasteiger partial charge in [-0.25, -0.2) is 0 Å². The molecule has 2 aliphatic heterocycles. The number of nitrogens with one attached hydrogen (secondary N) is 6. The summed E-state index contributed by atoms with van der Waals surface area (Å²) in [5.74, 6) is -2.39. The summed E-state index contributed by atoms with van der Waals surface area (Å²) in [6, 6.07) is 31.3. The van der Waals surface area contributed by atoms with E-state index in [-0.39, 0.29) is 67.2 Å². The number of benzene rings is 5. The third kappa shape index (κ3) is 13.4. The Labute approximate surface area is 471 Å². The van der Waals surface area contributed by atoms with Crippen LogP contribution in [0.5, 0.6) is 0 Å². The highest BCUT2D eigenvalue weighted by atomic mass is 16.2. The summed E-state index contributed by atoms with van der Waals surface area (Å²) in [5, 5.41) is 20.2. The van der Waals surface area contributed by atoms with Crippen LogP contribution in [-0.4, -0.2) is 126 Å². The number of likely N-dealkylation sites (N-methyl/N-ethyl adjacent to an activating group) is 2.